The molecular weight excluding hydrogens is 420 g/mol. The van der Waals surface area contributed by atoms with Gasteiger partial charge in [-0.15, -0.1) is 0 Å². The number of halogens is 1. The fraction of sp³-hybridized carbons (Fsp3) is 0.296. The van der Waals surface area contributed by atoms with E-state index in [0.29, 0.717) is 12.0 Å². The highest BCUT2D eigenvalue weighted by atomic mass is 35.5. The molecule has 0 spiro atoms. The van der Waals surface area contributed by atoms with Crippen LogP contribution in [0.3, 0.4) is 0 Å². The van der Waals surface area contributed by atoms with Crippen LogP contribution in [0.25, 0.3) is 11.1 Å². The molecule has 5 heteroatoms. The molecule has 0 bridgehead atoms. The first-order valence-corrected chi connectivity index (χ1v) is 11.4. The van der Waals surface area contributed by atoms with E-state index in [2.05, 4.69) is 60.3 Å². The molecule has 0 aromatic heterocycles. The minimum Gasteiger partial charge on any atom is -0.545 e. The van der Waals surface area contributed by atoms with Crippen LogP contribution in [0.1, 0.15) is 34.8 Å². The SMILES string of the molecule is CN(C)[C@@H](c1ccccc1-c1ccc(Cl)cc1)C1CCN(c2ccc(C(=O)[O-])cc2)CC1. The molecule has 166 valence electrons. The lowest BCUT2D eigenvalue weighted by Gasteiger charge is -2.40. The third-order valence-corrected chi connectivity index (χ3v) is 6.70. The minimum atomic E-state index is -1.14. The summed E-state index contributed by atoms with van der Waals surface area (Å²) in [5.41, 5.74) is 5.06. The van der Waals surface area contributed by atoms with Gasteiger partial charge in [-0.05, 0) is 79.4 Å². The molecule has 1 aliphatic rings. The van der Waals surface area contributed by atoms with Crippen LogP contribution in [0, 0.1) is 5.92 Å². The molecule has 1 fully saturated rings. The van der Waals surface area contributed by atoms with E-state index in [4.69, 9.17) is 11.6 Å². The van der Waals surface area contributed by atoms with Gasteiger partial charge in [-0.3, -0.25) is 0 Å². The largest absolute Gasteiger partial charge is 0.545 e. The van der Waals surface area contributed by atoms with E-state index in [9.17, 15) is 9.90 Å². The Hall–Kier alpha value is -2.82. The van der Waals surface area contributed by atoms with Crippen molar-refractivity contribution in [3.8, 4) is 11.1 Å². The van der Waals surface area contributed by atoms with Gasteiger partial charge in [0.1, 0.15) is 0 Å². The van der Waals surface area contributed by atoms with Crippen molar-refractivity contribution in [2.75, 3.05) is 32.1 Å². The summed E-state index contributed by atoms with van der Waals surface area (Å²) in [7, 11) is 4.32. The predicted octanol–water partition coefficient (Wildman–Crippen LogP) is 4.89. The smallest absolute Gasteiger partial charge is 0.0715 e. The van der Waals surface area contributed by atoms with Gasteiger partial charge in [-0.1, -0.05) is 60.1 Å². The lowest BCUT2D eigenvalue weighted by Crippen LogP contribution is -2.39. The summed E-state index contributed by atoms with van der Waals surface area (Å²) in [5.74, 6) is -0.611. The Morgan fingerprint density at radius 1 is 0.969 bits per heavy atom. The first kappa shape index (κ1) is 22.4. The van der Waals surface area contributed by atoms with Crippen molar-refractivity contribution in [3.05, 3.63) is 88.9 Å². The maximum atomic E-state index is 11.0. The lowest BCUT2D eigenvalue weighted by atomic mass is 9.81. The van der Waals surface area contributed by atoms with Crippen molar-refractivity contribution < 1.29 is 9.90 Å². The van der Waals surface area contributed by atoms with Crippen LogP contribution in [0.5, 0.6) is 0 Å². The second kappa shape index (κ2) is 9.76. The number of carbonyl (C=O) groups is 1. The Morgan fingerprint density at radius 2 is 1.59 bits per heavy atom. The number of hydrogen-bond acceptors (Lipinski definition) is 4. The zero-order chi connectivity index (χ0) is 22.7. The summed E-state index contributed by atoms with van der Waals surface area (Å²) >= 11 is 6.12. The van der Waals surface area contributed by atoms with E-state index >= 15 is 0 Å². The van der Waals surface area contributed by atoms with E-state index in [0.717, 1.165) is 36.6 Å². The number of anilines is 1. The number of aromatic carboxylic acids is 1. The lowest BCUT2D eigenvalue weighted by molar-refractivity contribution is -0.255. The molecule has 4 rings (SSSR count). The fourth-order valence-electron chi connectivity index (χ4n) is 4.88. The van der Waals surface area contributed by atoms with Gasteiger partial charge in [0, 0.05) is 29.8 Å². The first-order valence-electron chi connectivity index (χ1n) is 11.0. The van der Waals surface area contributed by atoms with Crippen molar-refractivity contribution in [2.24, 2.45) is 5.92 Å². The Labute approximate surface area is 195 Å². The van der Waals surface area contributed by atoms with Crippen molar-refractivity contribution in [2.45, 2.75) is 18.9 Å². The maximum absolute atomic E-state index is 11.0. The Balaban J connectivity index is 1.54. The van der Waals surface area contributed by atoms with E-state index in [1.165, 1.54) is 16.7 Å². The van der Waals surface area contributed by atoms with Gasteiger partial charge in [0.2, 0.25) is 0 Å². The maximum Gasteiger partial charge on any atom is 0.0715 e. The Kier molecular flexibility index (Phi) is 6.83. The quantitative estimate of drug-likeness (QED) is 0.539. The molecule has 1 atom stereocenters. The molecule has 0 aliphatic carbocycles. The molecule has 1 heterocycles. The van der Waals surface area contributed by atoms with Gasteiger partial charge in [-0.25, -0.2) is 0 Å². The Morgan fingerprint density at radius 3 is 2.19 bits per heavy atom. The normalized spacial score (nSPS) is 15.7. The van der Waals surface area contributed by atoms with Crippen molar-refractivity contribution in [1.29, 1.82) is 0 Å². The molecule has 3 aromatic rings. The molecule has 0 radical (unpaired) electrons. The number of carbonyl (C=O) groups excluding carboxylic acids is 1. The monoisotopic (exact) mass is 447 g/mol. The van der Waals surface area contributed by atoms with Crippen LogP contribution >= 0.6 is 11.6 Å². The fourth-order valence-corrected chi connectivity index (χ4v) is 5.01. The average Bonchev–Trinajstić information content (AvgIpc) is 2.80. The van der Waals surface area contributed by atoms with Crippen LogP contribution in [-0.4, -0.2) is 38.1 Å². The summed E-state index contributed by atoms with van der Waals surface area (Å²) in [6.45, 7) is 1.89. The Bertz CT molecular complexity index is 1060. The molecule has 0 amide bonds. The molecular formula is C27H28ClN2O2-. The van der Waals surface area contributed by atoms with Crippen molar-refractivity contribution in [3.63, 3.8) is 0 Å². The summed E-state index contributed by atoms with van der Waals surface area (Å²) in [5, 5.41) is 11.8. The highest BCUT2D eigenvalue weighted by Gasteiger charge is 2.30. The van der Waals surface area contributed by atoms with Crippen LogP contribution < -0.4 is 10.0 Å². The van der Waals surface area contributed by atoms with Gasteiger partial charge in [0.15, 0.2) is 0 Å². The second-order valence-electron chi connectivity index (χ2n) is 8.66. The number of benzene rings is 3. The predicted molar refractivity (Wildman–Crippen MR) is 129 cm³/mol. The molecule has 1 saturated heterocycles. The van der Waals surface area contributed by atoms with Crippen LogP contribution in [0.4, 0.5) is 5.69 Å². The number of carboxylic acids is 1. The van der Waals surface area contributed by atoms with E-state index in [1.54, 1.807) is 12.1 Å². The van der Waals surface area contributed by atoms with Crippen LogP contribution in [0.2, 0.25) is 5.02 Å². The number of piperidine rings is 1. The zero-order valence-corrected chi connectivity index (χ0v) is 19.3. The molecule has 3 aromatic carbocycles. The number of nitrogens with zero attached hydrogens (tertiary/aromatic N) is 2. The highest BCUT2D eigenvalue weighted by molar-refractivity contribution is 6.30. The van der Waals surface area contributed by atoms with Gasteiger partial charge in [0.05, 0.1) is 5.97 Å². The summed E-state index contributed by atoms with van der Waals surface area (Å²) in [4.78, 5) is 15.7. The number of carboxylic acid groups (broad SMARTS) is 1. The topological polar surface area (TPSA) is 46.6 Å². The van der Waals surface area contributed by atoms with Crippen LogP contribution in [-0.2, 0) is 0 Å². The van der Waals surface area contributed by atoms with Crippen molar-refractivity contribution >= 4 is 23.3 Å². The standard InChI is InChI=1S/C27H29ClN2O2/c1-29(2)26(25-6-4-3-5-24(25)19-7-11-22(28)12-8-19)20-15-17-30(18-16-20)23-13-9-21(10-14-23)27(31)32/h3-14,20,26H,15-18H2,1-2H3,(H,31,32)/p-1/t26-/m1/s1. The van der Waals surface area contributed by atoms with Gasteiger partial charge >= 0.3 is 0 Å². The molecule has 4 nitrogen and oxygen atoms in total. The van der Waals surface area contributed by atoms with Crippen molar-refractivity contribution in [1.82, 2.24) is 4.90 Å². The molecule has 1 aliphatic heterocycles. The van der Waals surface area contributed by atoms with Gasteiger partial charge in [-0.2, -0.15) is 0 Å². The molecule has 0 unspecified atom stereocenters. The van der Waals surface area contributed by atoms with E-state index < -0.39 is 5.97 Å². The minimum absolute atomic E-state index is 0.218. The molecule has 0 N–H and O–H groups in total. The van der Waals surface area contributed by atoms with Crippen LogP contribution in [0.15, 0.2) is 72.8 Å². The molecule has 0 saturated carbocycles. The highest BCUT2D eigenvalue weighted by Crippen LogP contribution is 2.39. The number of rotatable bonds is 6. The summed E-state index contributed by atoms with van der Waals surface area (Å²) in [6.07, 6.45) is 2.14. The average molecular weight is 448 g/mol. The van der Waals surface area contributed by atoms with Gasteiger partial charge < -0.3 is 19.7 Å². The van der Waals surface area contributed by atoms with E-state index in [-0.39, 0.29) is 5.56 Å². The van der Waals surface area contributed by atoms with Gasteiger partial charge in [0.25, 0.3) is 0 Å². The van der Waals surface area contributed by atoms with E-state index in [1.807, 2.05) is 24.3 Å². The summed E-state index contributed by atoms with van der Waals surface area (Å²) < 4.78 is 0. The summed E-state index contributed by atoms with van der Waals surface area (Å²) in [6, 6.07) is 24.1. The zero-order valence-electron chi connectivity index (χ0n) is 18.5. The second-order valence-corrected chi connectivity index (χ2v) is 9.10. The molecule has 32 heavy (non-hydrogen) atoms. The third kappa shape index (κ3) is 4.82. The third-order valence-electron chi connectivity index (χ3n) is 6.45. The first-order chi connectivity index (χ1) is 15.4. The number of hydrogen-bond donors (Lipinski definition) is 0.